The number of aromatic nitrogens is 2. The van der Waals surface area contributed by atoms with Gasteiger partial charge in [0, 0.05) is 17.8 Å². The van der Waals surface area contributed by atoms with Gasteiger partial charge in [0.25, 0.3) is 0 Å². The molecule has 0 aliphatic heterocycles. The molecule has 1 N–H and O–H groups in total. The predicted octanol–water partition coefficient (Wildman–Crippen LogP) is 3.45. The van der Waals surface area contributed by atoms with Crippen molar-refractivity contribution < 1.29 is 9.84 Å². The second-order valence-corrected chi connectivity index (χ2v) is 5.14. The molecule has 0 amide bonds. The number of hydrogen-bond acceptors (Lipinski definition) is 3. The van der Waals surface area contributed by atoms with Crippen molar-refractivity contribution in [3.8, 4) is 5.75 Å². The maximum Gasteiger partial charge on any atom is 0.132 e. The fourth-order valence-corrected chi connectivity index (χ4v) is 2.23. The van der Waals surface area contributed by atoms with Gasteiger partial charge in [0.2, 0.25) is 0 Å². The number of aryl methyl sites for hydroxylation is 1. The first-order valence-electron chi connectivity index (χ1n) is 6.73. The largest absolute Gasteiger partial charge is 0.488 e. The van der Waals surface area contributed by atoms with E-state index in [1.165, 1.54) is 0 Å². The van der Waals surface area contributed by atoms with Crippen LogP contribution in [0.3, 0.4) is 0 Å². The Bertz CT molecular complexity index is 556. The highest BCUT2D eigenvalue weighted by molar-refractivity contribution is 6.30. The molecule has 1 heterocycles. The first kappa shape index (κ1) is 14.9. The molecule has 0 saturated carbocycles. The number of ether oxygens (including phenoxy) is 1. The van der Waals surface area contributed by atoms with Crippen molar-refractivity contribution in [2.45, 2.75) is 39.0 Å². The van der Waals surface area contributed by atoms with E-state index in [-0.39, 0.29) is 6.10 Å². The Labute approximate surface area is 123 Å². The summed E-state index contributed by atoms with van der Waals surface area (Å²) in [5.41, 5.74) is 0.765. The smallest absolute Gasteiger partial charge is 0.132 e. The van der Waals surface area contributed by atoms with Crippen molar-refractivity contribution in [3.63, 3.8) is 0 Å². The Morgan fingerprint density at radius 1 is 1.40 bits per heavy atom. The minimum atomic E-state index is -0.733. The molecule has 0 saturated heterocycles. The molecule has 2 aromatic rings. The molecule has 0 fully saturated rings. The molecule has 4 nitrogen and oxygen atoms in total. The van der Waals surface area contributed by atoms with Gasteiger partial charge in [-0.3, -0.25) is 4.68 Å². The molecule has 5 heteroatoms. The average molecular weight is 295 g/mol. The normalized spacial score (nSPS) is 14.0. The van der Waals surface area contributed by atoms with Gasteiger partial charge in [0.15, 0.2) is 0 Å². The molecule has 108 valence electrons. The molecule has 0 radical (unpaired) electrons. The van der Waals surface area contributed by atoms with E-state index < -0.39 is 6.10 Å². The summed E-state index contributed by atoms with van der Waals surface area (Å²) in [6, 6.07) is 8.97. The molecular weight excluding hydrogens is 276 g/mol. The summed E-state index contributed by atoms with van der Waals surface area (Å²) in [6.07, 6.45) is 1.54. The number of hydrogen-bond donors (Lipinski definition) is 1. The fourth-order valence-electron chi connectivity index (χ4n) is 2.05. The standard InChI is InChI=1S/C15H19ClN2O2/c1-3-9-18-14(7-8-17-18)15(19)11(2)20-13-6-4-5-12(16)10-13/h4-8,10-11,15,19H,3,9H2,1-2H3. The summed E-state index contributed by atoms with van der Waals surface area (Å²) in [5.74, 6) is 0.644. The lowest BCUT2D eigenvalue weighted by molar-refractivity contribution is 0.0405. The molecule has 1 aromatic carbocycles. The Morgan fingerprint density at radius 2 is 2.20 bits per heavy atom. The highest BCUT2D eigenvalue weighted by atomic mass is 35.5. The van der Waals surface area contributed by atoms with Crippen molar-refractivity contribution in [1.82, 2.24) is 9.78 Å². The van der Waals surface area contributed by atoms with E-state index in [0.717, 1.165) is 18.7 Å². The van der Waals surface area contributed by atoms with Gasteiger partial charge >= 0.3 is 0 Å². The summed E-state index contributed by atoms with van der Waals surface area (Å²) >= 11 is 5.92. The second kappa shape index (κ2) is 6.77. The predicted molar refractivity (Wildman–Crippen MR) is 79.0 cm³/mol. The molecule has 0 bridgehead atoms. The van der Waals surface area contributed by atoms with Gasteiger partial charge < -0.3 is 9.84 Å². The van der Waals surface area contributed by atoms with E-state index >= 15 is 0 Å². The Balaban J connectivity index is 2.08. The van der Waals surface area contributed by atoms with Crippen LogP contribution in [0, 0.1) is 0 Å². The molecule has 2 atom stereocenters. The quantitative estimate of drug-likeness (QED) is 0.887. The topological polar surface area (TPSA) is 47.3 Å². The third-order valence-corrected chi connectivity index (χ3v) is 3.29. The number of aliphatic hydroxyl groups is 1. The Hall–Kier alpha value is -1.52. The van der Waals surface area contributed by atoms with E-state index in [1.54, 1.807) is 18.3 Å². The summed E-state index contributed by atoms with van der Waals surface area (Å²) in [4.78, 5) is 0. The van der Waals surface area contributed by atoms with E-state index in [0.29, 0.717) is 10.8 Å². The van der Waals surface area contributed by atoms with Gasteiger partial charge in [-0.2, -0.15) is 5.10 Å². The zero-order valence-electron chi connectivity index (χ0n) is 11.7. The van der Waals surface area contributed by atoms with Crippen molar-refractivity contribution in [2.75, 3.05) is 0 Å². The summed E-state index contributed by atoms with van der Waals surface area (Å²) in [6.45, 7) is 4.68. The van der Waals surface area contributed by atoms with E-state index in [4.69, 9.17) is 16.3 Å². The molecule has 0 spiro atoms. The molecule has 0 aliphatic carbocycles. The Kier molecular flexibility index (Phi) is 5.04. The second-order valence-electron chi connectivity index (χ2n) is 4.70. The van der Waals surface area contributed by atoms with Crippen LogP contribution >= 0.6 is 11.6 Å². The summed E-state index contributed by atoms with van der Waals surface area (Å²) < 4.78 is 7.55. The van der Waals surface area contributed by atoms with Crippen LogP contribution in [0.25, 0.3) is 0 Å². The first-order chi connectivity index (χ1) is 9.61. The van der Waals surface area contributed by atoms with Crippen LogP contribution in [-0.4, -0.2) is 21.0 Å². The lowest BCUT2D eigenvalue weighted by atomic mass is 10.1. The van der Waals surface area contributed by atoms with E-state index in [9.17, 15) is 5.11 Å². The highest BCUT2D eigenvalue weighted by Crippen LogP contribution is 2.24. The molecule has 20 heavy (non-hydrogen) atoms. The zero-order chi connectivity index (χ0) is 14.5. The van der Waals surface area contributed by atoms with Gasteiger partial charge in [-0.15, -0.1) is 0 Å². The third kappa shape index (κ3) is 3.52. The lowest BCUT2D eigenvalue weighted by Gasteiger charge is -2.21. The van der Waals surface area contributed by atoms with Crippen LogP contribution in [0.15, 0.2) is 36.5 Å². The summed E-state index contributed by atoms with van der Waals surface area (Å²) in [5, 5.41) is 15.2. The number of aliphatic hydroxyl groups excluding tert-OH is 1. The van der Waals surface area contributed by atoms with Crippen LogP contribution in [0.5, 0.6) is 5.75 Å². The van der Waals surface area contributed by atoms with E-state index in [2.05, 4.69) is 12.0 Å². The van der Waals surface area contributed by atoms with Gasteiger partial charge in [0.1, 0.15) is 18.0 Å². The van der Waals surface area contributed by atoms with Crippen LogP contribution in [-0.2, 0) is 6.54 Å². The molecule has 2 rings (SSSR count). The highest BCUT2D eigenvalue weighted by Gasteiger charge is 2.21. The van der Waals surface area contributed by atoms with Gasteiger partial charge in [-0.25, -0.2) is 0 Å². The monoisotopic (exact) mass is 294 g/mol. The van der Waals surface area contributed by atoms with Gasteiger partial charge in [0.05, 0.1) is 5.69 Å². The van der Waals surface area contributed by atoms with Crippen molar-refractivity contribution in [2.24, 2.45) is 0 Å². The minimum absolute atomic E-state index is 0.388. The SMILES string of the molecule is CCCn1nccc1C(O)C(C)Oc1cccc(Cl)c1. The van der Waals surface area contributed by atoms with Crippen molar-refractivity contribution in [1.29, 1.82) is 0 Å². The minimum Gasteiger partial charge on any atom is -0.488 e. The summed E-state index contributed by atoms with van der Waals surface area (Å²) in [7, 11) is 0. The molecule has 0 aliphatic rings. The number of halogens is 1. The molecular formula is C15H19ClN2O2. The number of rotatable bonds is 6. The van der Waals surface area contributed by atoms with Crippen LogP contribution in [0.1, 0.15) is 32.1 Å². The number of nitrogens with zero attached hydrogens (tertiary/aromatic N) is 2. The van der Waals surface area contributed by atoms with Crippen LogP contribution < -0.4 is 4.74 Å². The number of benzene rings is 1. The van der Waals surface area contributed by atoms with E-state index in [1.807, 2.05) is 29.8 Å². The van der Waals surface area contributed by atoms with Gasteiger partial charge in [-0.05, 0) is 37.6 Å². The molecule has 1 aromatic heterocycles. The third-order valence-electron chi connectivity index (χ3n) is 3.05. The molecule has 2 unspecified atom stereocenters. The van der Waals surface area contributed by atoms with Crippen LogP contribution in [0.4, 0.5) is 0 Å². The average Bonchev–Trinajstić information content (AvgIpc) is 2.86. The van der Waals surface area contributed by atoms with Gasteiger partial charge in [-0.1, -0.05) is 24.6 Å². The Morgan fingerprint density at radius 3 is 2.90 bits per heavy atom. The maximum atomic E-state index is 10.4. The lowest BCUT2D eigenvalue weighted by Crippen LogP contribution is -2.24. The maximum absolute atomic E-state index is 10.4. The first-order valence-corrected chi connectivity index (χ1v) is 7.11. The van der Waals surface area contributed by atoms with Crippen molar-refractivity contribution >= 4 is 11.6 Å². The fraction of sp³-hybridized carbons (Fsp3) is 0.400. The van der Waals surface area contributed by atoms with Crippen molar-refractivity contribution in [3.05, 3.63) is 47.2 Å². The zero-order valence-corrected chi connectivity index (χ0v) is 12.4. The van der Waals surface area contributed by atoms with Crippen LogP contribution in [0.2, 0.25) is 5.02 Å².